The normalized spacial score (nSPS) is 13.0. The molecule has 0 unspecified atom stereocenters. The second-order valence-corrected chi connectivity index (χ2v) is 6.06. The monoisotopic (exact) mass is 351 g/mol. The van der Waals surface area contributed by atoms with E-state index in [1.54, 1.807) is 24.4 Å². The van der Waals surface area contributed by atoms with Crippen molar-refractivity contribution in [2.45, 2.75) is 13.5 Å². The summed E-state index contributed by atoms with van der Waals surface area (Å²) in [7, 11) is 0. The lowest BCUT2D eigenvalue weighted by Gasteiger charge is -2.04. The Morgan fingerprint density at radius 1 is 1.08 bits per heavy atom. The van der Waals surface area contributed by atoms with Gasteiger partial charge in [-0.2, -0.15) is 0 Å². The van der Waals surface area contributed by atoms with Crippen molar-refractivity contribution in [2.24, 2.45) is 0 Å². The van der Waals surface area contributed by atoms with Crippen molar-refractivity contribution in [1.82, 2.24) is 4.98 Å². The lowest BCUT2D eigenvalue weighted by Crippen LogP contribution is -1.97. The number of hydrogen-bond acceptors (Lipinski definition) is 7. The highest BCUT2D eigenvalue weighted by molar-refractivity contribution is 5.97. The number of benzene rings is 1. The van der Waals surface area contributed by atoms with E-state index in [9.17, 15) is 9.90 Å². The van der Waals surface area contributed by atoms with Gasteiger partial charge in [-0.25, -0.2) is 4.79 Å². The molecule has 0 amide bonds. The summed E-state index contributed by atoms with van der Waals surface area (Å²) in [4.78, 5) is 16.3. The highest BCUT2D eigenvalue weighted by atomic mass is 16.7. The van der Waals surface area contributed by atoms with Gasteiger partial charge in [0.1, 0.15) is 11.3 Å². The second-order valence-electron chi connectivity index (χ2n) is 6.06. The molecule has 0 saturated heterocycles. The van der Waals surface area contributed by atoms with Crippen molar-refractivity contribution in [1.29, 1.82) is 0 Å². The molecule has 4 aromatic rings. The Bertz CT molecular complexity index is 1240. The maximum absolute atomic E-state index is 12.1. The summed E-state index contributed by atoms with van der Waals surface area (Å²) in [5.74, 6) is 1.60. The van der Waals surface area contributed by atoms with Crippen LogP contribution in [0, 0.1) is 6.92 Å². The van der Waals surface area contributed by atoms with E-state index in [2.05, 4.69) is 4.98 Å². The van der Waals surface area contributed by atoms with Gasteiger partial charge in [0, 0.05) is 40.2 Å². The van der Waals surface area contributed by atoms with Crippen LogP contribution in [0.1, 0.15) is 11.3 Å². The van der Waals surface area contributed by atoms with Crippen molar-refractivity contribution >= 4 is 21.9 Å². The number of rotatable bonds is 2. The molecular formula is C19H13NO6. The molecule has 1 N–H and O–H groups in total. The summed E-state index contributed by atoms with van der Waals surface area (Å²) in [6.07, 6.45) is 1.62. The Balaban J connectivity index is 1.83. The standard InChI is InChI=1S/C19H13NO6/c1-9-19-11(10(7-21)6-20-9)2-14(26-19)13-4-18(22)25-15-5-17-16(3-12(13)15)23-8-24-17/h2-6,21H,7-8H2,1H3. The van der Waals surface area contributed by atoms with Gasteiger partial charge >= 0.3 is 5.63 Å². The number of ether oxygens (including phenoxy) is 2. The van der Waals surface area contributed by atoms with Crippen molar-refractivity contribution < 1.29 is 23.4 Å². The topological polar surface area (TPSA) is 94.9 Å². The van der Waals surface area contributed by atoms with Crippen LogP contribution in [-0.4, -0.2) is 16.9 Å². The van der Waals surface area contributed by atoms with Gasteiger partial charge in [-0.3, -0.25) is 4.98 Å². The summed E-state index contributed by atoms with van der Waals surface area (Å²) in [5, 5.41) is 11.0. The zero-order valence-corrected chi connectivity index (χ0v) is 13.7. The molecule has 7 nitrogen and oxygen atoms in total. The van der Waals surface area contributed by atoms with Crippen LogP contribution in [0.5, 0.6) is 11.5 Å². The smallest absolute Gasteiger partial charge is 0.336 e. The summed E-state index contributed by atoms with van der Waals surface area (Å²) in [6, 6.07) is 6.58. The van der Waals surface area contributed by atoms with Crippen LogP contribution in [0.15, 0.2) is 44.1 Å². The Kier molecular flexibility index (Phi) is 3.07. The number of nitrogens with zero attached hydrogens (tertiary/aromatic N) is 1. The predicted molar refractivity (Wildman–Crippen MR) is 92.3 cm³/mol. The predicted octanol–water partition coefficient (Wildman–Crippen LogP) is 3.13. The Morgan fingerprint density at radius 2 is 1.88 bits per heavy atom. The van der Waals surface area contributed by atoms with Crippen LogP contribution in [0.4, 0.5) is 0 Å². The highest BCUT2D eigenvalue weighted by Crippen LogP contribution is 2.40. The number of aliphatic hydroxyl groups excluding tert-OH is 1. The van der Waals surface area contributed by atoms with Crippen LogP contribution in [0.3, 0.4) is 0 Å². The summed E-state index contributed by atoms with van der Waals surface area (Å²) in [6.45, 7) is 1.80. The summed E-state index contributed by atoms with van der Waals surface area (Å²) in [5.41, 5.74) is 2.40. The molecule has 0 spiro atoms. The first-order chi connectivity index (χ1) is 12.6. The van der Waals surface area contributed by atoms with Crippen LogP contribution in [0.2, 0.25) is 0 Å². The third kappa shape index (κ3) is 2.11. The average Bonchev–Trinajstić information content (AvgIpc) is 3.26. The maximum atomic E-state index is 12.1. The third-order valence-corrected chi connectivity index (χ3v) is 4.49. The van der Waals surface area contributed by atoms with Crippen molar-refractivity contribution in [2.75, 3.05) is 6.79 Å². The van der Waals surface area contributed by atoms with E-state index in [4.69, 9.17) is 18.3 Å². The van der Waals surface area contributed by atoms with E-state index in [0.29, 0.717) is 50.6 Å². The molecular weight excluding hydrogens is 338 g/mol. The first kappa shape index (κ1) is 15.0. The van der Waals surface area contributed by atoms with Gasteiger partial charge in [-0.05, 0) is 19.1 Å². The highest BCUT2D eigenvalue weighted by Gasteiger charge is 2.20. The molecule has 0 aliphatic carbocycles. The molecule has 0 fully saturated rings. The van der Waals surface area contributed by atoms with Gasteiger partial charge in [0.05, 0.1) is 12.3 Å². The molecule has 4 heterocycles. The first-order valence-corrected chi connectivity index (χ1v) is 8.01. The average molecular weight is 351 g/mol. The first-order valence-electron chi connectivity index (χ1n) is 8.01. The number of aromatic nitrogens is 1. The number of aryl methyl sites for hydroxylation is 1. The minimum Gasteiger partial charge on any atom is -0.454 e. The van der Waals surface area contributed by atoms with E-state index < -0.39 is 5.63 Å². The van der Waals surface area contributed by atoms with Crippen molar-refractivity contribution in [3.05, 3.63) is 52.1 Å². The number of aliphatic hydroxyl groups is 1. The molecule has 1 aliphatic heterocycles. The van der Waals surface area contributed by atoms with E-state index >= 15 is 0 Å². The van der Waals surface area contributed by atoms with Gasteiger partial charge in [0.15, 0.2) is 17.1 Å². The zero-order chi connectivity index (χ0) is 17.8. The van der Waals surface area contributed by atoms with E-state index in [-0.39, 0.29) is 13.4 Å². The fourth-order valence-electron chi connectivity index (χ4n) is 3.22. The number of fused-ring (bicyclic) bond motifs is 3. The molecule has 130 valence electrons. The number of hydrogen-bond donors (Lipinski definition) is 1. The Morgan fingerprint density at radius 3 is 2.69 bits per heavy atom. The van der Waals surface area contributed by atoms with Crippen molar-refractivity contribution in [3.8, 4) is 22.8 Å². The minimum absolute atomic E-state index is 0.126. The molecule has 0 bridgehead atoms. The number of pyridine rings is 1. The molecule has 1 aliphatic rings. The SMILES string of the molecule is Cc1ncc(CO)c2cc(-c3cc(=O)oc4cc5c(cc34)OCO5)oc12. The molecule has 26 heavy (non-hydrogen) atoms. The summed E-state index contributed by atoms with van der Waals surface area (Å²) >= 11 is 0. The largest absolute Gasteiger partial charge is 0.454 e. The molecule has 1 aromatic carbocycles. The fourth-order valence-corrected chi connectivity index (χ4v) is 3.22. The molecule has 3 aromatic heterocycles. The third-order valence-electron chi connectivity index (χ3n) is 4.49. The quantitative estimate of drug-likeness (QED) is 0.554. The molecule has 0 radical (unpaired) electrons. The van der Waals surface area contributed by atoms with Crippen molar-refractivity contribution in [3.63, 3.8) is 0 Å². The lowest BCUT2D eigenvalue weighted by atomic mass is 10.1. The van der Waals surface area contributed by atoms with E-state index in [1.807, 2.05) is 6.92 Å². The van der Waals surface area contributed by atoms with Gasteiger partial charge in [0.25, 0.3) is 0 Å². The molecule has 5 rings (SSSR count). The van der Waals surface area contributed by atoms with Crippen LogP contribution in [0.25, 0.3) is 33.3 Å². The maximum Gasteiger partial charge on any atom is 0.336 e. The van der Waals surface area contributed by atoms with E-state index in [1.165, 1.54) is 6.07 Å². The van der Waals surface area contributed by atoms with Crippen LogP contribution >= 0.6 is 0 Å². The van der Waals surface area contributed by atoms with Gasteiger partial charge in [-0.1, -0.05) is 0 Å². The molecule has 0 atom stereocenters. The van der Waals surface area contributed by atoms with Gasteiger partial charge in [0.2, 0.25) is 6.79 Å². The Labute approximate surface area is 146 Å². The minimum atomic E-state index is -0.496. The molecule has 0 saturated carbocycles. The van der Waals surface area contributed by atoms with Gasteiger partial charge in [-0.15, -0.1) is 0 Å². The Hall–Kier alpha value is -3.32. The summed E-state index contributed by atoms with van der Waals surface area (Å²) < 4.78 is 22.1. The van der Waals surface area contributed by atoms with E-state index in [0.717, 1.165) is 5.39 Å². The zero-order valence-electron chi connectivity index (χ0n) is 13.7. The fraction of sp³-hybridized carbons (Fsp3) is 0.158. The van der Waals surface area contributed by atoms with Crippen LogP contribution < -0.4 is 15.1 Å². The number of furan rings is 1. The molecule has 7 heteroatoms. The second kappa shape index (κ2) is 5.34. The van der Waals surface area contributed by atoms with Crippen LogP contribution in [-0.2, 0) is 6.61 Å². The van der Waals surface area contributed by atoms with Gasteiger partial charge < -0.3 is 23.4 Å². The lowest BCUT2D eigenvalue weighted by molar-refractivity contribution is 0.174.